The van der Waals surface area contributed by atoms with Gasteiger partial charge in [-0.1, -0.05) is 48.0 Å². The maximum Gasteiger partial charge on any atom is 0.320 e. The van der Waals surface area contributed by atoms with Crippen molar-refractivity contribution in [1.82, 2.24) is 4.98 Å². The van der Waals surface area contributed by atoms with Crippen LogP contribution in [0.4, 0.5) is 0 Å². The summed E-state index contributed by atoms with van der Waals surface area (Å²) in [7, 11) is 0. The van der Waals surface area contributed by atoms with E-state index < -0.39 is 11.9 Å². The van der Waals surface area contributed by atoms with Crippen molar-refractivity contribution < 1.29 is 14.3 Å². The molecule has 0 aliphatic rings. The molecule has 22 heavy (non-hydrogen) atoms. The lowest BCUT2D eigenvalue weighted by molar-refractivity contribution is -0.138. The van der Waals surface area contributed by atoms with Crippen LogP contribution in [0.15, 0.2) is 65.4 Å². The van der Waals surface area contributed by atoms with Crippen molar-refractivity contribution >= 4 is 17.6 Å². The first-order chi connectivity index (χ1) is 10.7. The second-order valence-corrected chi connectivity index (χ2v) is 5.17. The van der Waals surface area contributed by atoms with Gasteiger partial charge < -0.3 is 9.52 Å². The van der Waals surface area contributed by atoms with Gasteiger partial charge in [-0.15, -0.1) is 0 Å². The van der Waals surface area contributed by atoms with Crippen molar-refractivity contribution in [2.24, 2.45) is 0 Å². The standard InChI is InChI=1S/C17H12ClNO3/c18-12-7-5-11(6-8-12)13-3-1-2-4-14(13)15(17(20)21)16-19-9-10-22-16/h1-10,15H,(H,20,21). The minimum atomic E-state index is -1.01. The summed E-state index contributed by atoms with van der Waals surface area (Å²) in [4.78, 5) is 15.7. The third kappa shape index (κ3) is 2.73. The lowest BCUT2D eigenvalue weighted by Crippen LogP contribution is -2.14. The quantitative estimate of drug-likeness (QED) is 0.783. The van der Waals surface area contributed by atoms with E-state index in [0.717, 1.165) is 11.1 Å². The van der Waals surface area contributed by atoms with Crippen molar-refractivity contribution in [1.29, 1.82) is 0 Å². The molecule has 0 amide bonds. The number of hydrogen-bond donors (Lipinski definition) is 1. The topological polar surface area (TPSA) is 63.3 Å². The van der Waals surface area contributed by atoms with E-state index in [4.69, 9.17) is 16.0 Å². The summed E-state index contributed by atoms with van der Waals surface area (Å²) in [6.07, 6.45) is 2.81. The van der Waals surface area contributed by atoms with E-state index in [9.17, 15) is 9.90 Å². The summed E-state index contributed by atoms with van der Waals surface area (Å²) >= 11 is 5.91. The Hall–Kier alpha value is -2.59. The maximum absolute atomic E-state index is 11.7. The van der Waals surface area contributed by atoms with Crippen LogP contribution >= 0.6 is 11.6 Å². The van der Waals surface area contributed by atoms with Crippen LogP contribution in [0.1, 0.15) is 17.4 Å². The van der Waals surface area contributed by atoms with Gasteiger partial charge in [0.15, 0.2) is 5.92 Å². The maximum atomic E-state index is 11.7. The lowest BCUT2D eigenvalue weighted by atomic mass is 9.90. The number of benzene rings is 2. The Labute approximate surface area is 132 Å². The predicted octanol–water partition coefficient (Wildman–Crippen LogP) is 4.21. The smallest absolute Gasteiger partial charge is 0.320 e. The van der Waals surface area contributed by atoms with Crippen molar-refractivity contribution in [3.63, 3.8) is 0 Å². The average Bonchev–Trinajstić information content (AvgIpc) is 3.02. The summed E-state index contributed by atoms with van der Waals surface area (Å²) in [5, 5.41) is 10.2. The highest BCUT2D eigenvalue weighted by molar-refractivity contribution is 6.30. The average molecular weight is 314 g/mol. The highest BCUT2D eigenvalue weighted by Crippen LogP contribution is 2.33. The third-order valence-electron chi connectivity index (χ3n) is 3.37. The highest BCUT2D eigenvalue weighted by atomic mass is 35.5. The first-order valence-corrected chi connectivity index (χ1v) is 7.01. The van der Waals surface area contributed by atoms with E-state index in [1.54, 1.807) is 24.3 Å². The monoisotopic (exact) mass is 313 g/mol. The second-order valence-electron chi connectivity index (χ2n) is 4.74. The van der Waals surface area contributed by atoms with Crippen LogP contribution in [0.25, 0.3) is 11.1 Å². The molecule has 110 valence electrons. The van der Waals surface area contributed by atoms with Crippen LogP contribution in [-0.2, 0) is 4.79 Å². The van der Waals surface area contributed by atoms with Gasteiger partial charge in [0.25, 0.3) is 0 Å². The van der Waals surface area contributed by atoms with E-state index in [-0.39, 0.29) is 5.89 Å². The predicted molar refractivity (Wildman–Crippen MR) is 82.9 cm³/mol. The lowest BCUT2D eigenvalue weighted by Gasteiger charge is -2.14. The number of hydrogen-bond acceptors (Lipinski definition) is 3. The van der Waals surface area contributed by atoms with Crippen LogP contribution in [0.5, 0.6) is 0 Å². The number of aliphatic carboxylic acids is 1. The minimum absolute atomic E-state index is 0.161. The molecular formula is C17H12ClNO3. The van der Waals surface area contributed by atoms with Crippen LogP contribution in [0, 0.1) is 0 Å². The molecule has 1 heterocycles. The first-order valence-electron chi connectivity index (χ1n) is 6.64. The Morgan fingerprint density at radius 3 is 2.50 bits per heavy atom. The number of oxazole rings is 1. The zero-order chi connectivity index (χ0) is 15.5. The van der Waals surface area contributed by atoms with Crippen molar-refractivity contribution in [2.75, 3.05) is 0 Å². The van der Waals surface area contributed by atoms with Gasteiger partial charge in [0.1, 0.15) is 6.26 Å². The Balaban J connectivity index is 2.14. The van der Waals surface area contributed by atoms with Gasteiger partial charge in [-0.3, -0.25) is 4.79 Å². The molecule has 0 spiro atoms. The van der Waals surface area contributed by atoms with Gasteiger partial charge in [0.05, 0.1) is 6.20 Å². The molecule has 0 bridgehead atoms. The Morgan fingerprint density at radius 2 is 1.86 bits per heavy atom. The molecule has 0 saturated carbocycles. The normalized spacial score (nSPS) is 12.0. The summed E-state index contributed by atoms with van der Waals surface area (Å²) < 4.78 is 5.21. The molecule has 0 aliphatic carbocycles. The summed E-state index contributed by atoms with van der Waals surface area (Å²) in [5.74, 6) is -1.81. The molecule has 0 saturated heterocycles. The number of aromatic nitrogens is 1. The third-order valence-corrected chi connectivity index (χ3v) is 3.62. The molecule has 1 N–H and O–H groups in total. The first kappa shape index (κ1) is 14.4. The van der Waals surface area contributed by atoms with E-state index in [1.807, 2.05) is 24.3 Å². The number of carbonyl (C=O) groups is 1. The number of carboxylic acid groups (broad SMARTS) is 1. The Morgan fingerprint density at radius 1 is 1.14 bits per heavy atom. The Bertz CT molecular complexity index is 782. The summed E-state index contributed by atoms with van der Waals surface area (Å²) in [5.41, 5.74) is 2.32. The van der Waals surface area contributed by atoms with E-state index in [0.29, 0.717) is 10.6 Å². The molecule has 0 aliphatic heterocycles. The number of halogens is 1. The fourth-order valence-corrected chi connectivity index (χ4v) is 2.52. The fraction of sp³-hybridized carbons (Fsp3) is 0.0588. The fourth-order valence-electron chi connectivity index (χ4n) is 2.39. The molecule has 2 aromatic carbocycles. The van der Waals surface area contributed by atoms with Crippen LogP contribution in [0.2, 0.25) is 5.02 Å². The van der Waals surface area contributed by atoms with Crippen molar-refractivity contribution in [3.8, 4) is 11.1 Å². The van der Waals surface area contributed by atoms with Gasteiger partial charge in [-0.2, -0.15) is 0 Å². The molecule has 4 nitrogen and oxygen atoms in total. The molecule has 5 heteroatoms. The number of carboxylic acids is 1. The van der Waals surface area contributed by atoms with Gasteiger partial charge in [-0.25, -0.2) is 4.98 Å². The highest BCUT2D eigenvalue weighted by Gasteiger charge is 2.28. The molecule has 1 unspecified atom stereocenters. The summed E-state index contributed by atoms with van der Waals surface area (Å²) in [6, 6.07) is 14.6. The van der Waals surface area contributed by atoms with Crippen molar-refractivity contribution in [3.05, 3.63) is 77.5 Å². The molecule has 0 radical (unpaired) electrons. The van der Waals surface area contributed by atoms with Gasteiger partial charge in [-0.05, 0) is 28.8 Å². The van der Waals surface area contributed by atoms with Crippen molar-refractivity contribution in [2.45, 2.75) is 5.92 Å². The zero-order valence-corrected chi connectivity index (χ0v) is 12.2. The van der Waals surface area contributed by atoms with Crippen LogP contribution in [-0.4, -0.2) is 16.1 Å². The summed E-state index contributed by atoms with van der Waals surface area (Å²) in [6.45, 7) is 0. The molecule has 3 rings (SSSR count). The van der Waals surface area contributed by atoms with E-state index >= 15 is 0 Å². The largest absolute Gasteiger partial charge is 0.480 e. The van der Waals surface area contributed by atoms with E-state index in [2.05, 4.69) is 4.98 Å². The van der Waals surface area contributed by atoms with E-state index in [1.165, 1.54) is 12.5 Å². The SMILES string of the molecule is O=C(O)C(c1ncco1)c1ccccc1-c1ccc(Cl)cc1. The zero-order valence-electron chi connectivity index (χ0n) is 11.4. The number of nitrogens with zero attached hydrogens (tertiary/aromatic N) is 1. The van der Waals surface area contributed by atoms with Gasteiger partial charge in [0, 0.05) is 5.02 Å². The molecule has 1 aromatic heterocycles. The van der Waals surface area contributed by atoms with Crippen LogP contribution < -0.4 is 0 Å². The second kappa shape index (κ2) is 6.03. The Kier molecular flexibility index (Phi) is 3.94. The van der Waals surface area contributed by atoms with Gasteiger partial charge in [0.2, 0.25) is 5.89 Å². The minimum Gasteiger partial charge on any atom is -0.480 e. The molecule has 0 fully saturated rings. The number of rotatable bonds is 4. The molecular weight excluding hydrogens is 302 g/mol. The van der Waals surface area contributed by atoms with Crippen LogP contribution in [0.3, 0.4) is 0 Å². The molecule has 3 aromatic rings. The van der Waals surface area contributed by atoms with Gasteiger partial charge >= 0.3 is 5.97 Å². The molecule has 1 atom stereocenters.